The topological polar surface area (TPSA) is 40.1 Å². The Morgan fingerprint density at radius 1 is 1.44 bits per heavy atom. The summed E-state index contributed by atoms with van der Waals surface area (Å²) in [7, 11) is 0. The molecular weight excluding hydrogens is 127 g/mol. The zero-order valence-corrected chi connectivity index (χ0v) is 8.52. The van der Waals surface area contributed by atoms with Crippen LogP contribution in [0.15, 0.2) is 0 Å². The molecule has 0 aliphatic heterocycles. The molecule has 0 atom stereocenters. The molecule has 48 valence electrons. The van der Waals surface area contributed by atoms with E-state index in [1.165, 1.54) is 0 Å². The number of carboxylic acids is 1. The molecule has 0 radical (unpaired) electrons. The fourth-order valence-corrected chi connectivity index (χ4v) is 0.433. The van der Waals surface area contributed by atoms with Crippen LogP contribution in [-0.2, 0) is 4.79 Å². The molecule has 0 fully saturated rings. The number of hydrogen-bond acceptors (Lipinski definition) is 2. The van der Waals surface area contributed by atoms with Gasteiger partial charge in [0.1, 0.15) is 0 Å². The van der Waals surface area contributed by atoms with Gasteiger partial charge in [0.05, 0.1) is 0 Å². The maximum absolute atomic E-state index is 9.90. The third-order valence-corrected chi connectivity index (χ3v) is 0.675. The molecular formula is C6H11NaO2. The summed E-state index contributed by atoms with van der Waals surface area (Å²) in [5, 5.41) is 9.90. The van der Waals surface area contributed by atoms with Crippen molar-refractivity contribution in [3.8, 4) is 0 Å². The molecule has 2 nitrogen and oxygen atoms in total. The first kappa shape index (κ1) is 12.2. The summed E-state index contributed by atoms with van der Waals surface area (Å²) in [6, 6.07) is 0. The number of carbonyl (C=O) groups is 1. The average Bonchev–Trinajstić information content (AvgIpc) is 1.21. The van der Waals surface area contributed by atoms with Crippen molar-refractivity contribution in [3.63, 3.8) is 0 Å². The van der Waals surface area contributed by atoms with Gasteiger partial charge in [-0.2, -0.15) is 0 Å². The number of rotatable bonds is 1. The van der Waals surface area contributed by atoms with Crippen molar-refractivity contribution in [2.24, 2.45) is 5.41 Å². The Kier molecular flexibility index (Phi) is 5.83. The van der Waals surface area contributed by atoms with Crippen LogP contribution in [-0.4, -0.2) is 5.97 Å². The van der Waals surface area contributed by atoms with Crippen molar-refractivity contribution in [2.45, 2.75) is 27.2 Å². The molecule has 0 bridgehead atoms. The van der Waals surface area contributed by atoms with Crippen LogP contribution in [0.2, 0.25) is 0 Å². The molecule has 0 N–H and O–H groups in total. The summed E-state index contributed by atoms with van der Waals surface area (Å²) in [5.74, 6) is -0.975. The van der Waals surface area contributed by atoms with E-state index in [2.05, 4.69) is 0 Å². The van der Waals surface area contributed by atoms with Gasteiger partial charge >= 0.3 is 29.6 Å². The Bertz CT molecular complexity index is 93.7. The van der Waals surface area contributed by atoms with E-state index in [4.69, 9.17) is 0 Å². The van der Waals surface area contributed by atoms with Crippen molar-refractivity contribution in [2.75, 3.05) is 0 Å². The second-order valence-corrected chi connectivity index (χ2v) is 3.11. The minimum atomic E-state index is -0.975. The van der Waals surface area contributed by atoms with E-state index in [1.54, 1.807) is 0 Å². The largest absolute Gasteiger partial charge is 1.00 e. The summed E-state index contributed by atoms with van der Waals surface area (Å²) in [6.07, 6.45) is 0.132. The number of hydrogen-bond donors (Lipinski definition) is 0. The summed E-state index contributed by atoms with van der Waals surface area (Å²) in [4.78, 5) is 9.90. The number of carbonyl (C=O) groups excluding carboxylic acids is 1. The van der Waals surface area contributed by atoms with E-state index in [0.717, 1.165) is 0 Å². The van der Waals surface area contributed by atoms with Crippen LogP contribution < -0.4 is 34.7 Å². The van der Waals surface area contributed by atoms with E-state index >= 15 is 0 Å². The third kappa shape index (κ3) is 11.8. The van der Waals surface area contributed by atoms with Gasteiger partial charge in [0.15, 0.2) is 0 Å². The van der Waals surface area contributed by atoms with Crippen LogP contribution in [0.4, 0.5) is 0 Å². The molecule has 0 heterocycles. The molecule has 9 heavy (non-hydrogen) atoms. The van der Waals surface area contributed by atoms with Gasteiger partial charge in [0.25, 0.3) is 0 Å². The van der Waals surface area contributed by atoms with Crippen LogP contribution in [0.3, 0.4) is 0 Å². The van der Waals surface area contributed by atoms with Crippen molar-refractivity contribution in [3.05, 3.63) is 0 Å². The molecule has 0 rings (SSSR count). The van der Waals surface area contributed by atoms with Gasteiger partial charge in [-0.3, -0.25) is 0 Å². The van der Waals surface area contributed by atoms with E-state index in [1.807, 2.05) is 20.8 Å². The Hall–Kier alpha value is 0.470. The van der Waals surface area contributed by atoms with Gasteiger partial charge in [-0.25, -0.2) is 0 Å². The number of aliphatic carboxylic acids is 1. The molecule has 0 amide bonds. The zero-order valence-electron chi connectivity index (χ0n) is 6.52. The van der Waals surface area contributed by atoms with Crippen LogP contribution in [0.5, 0.6) is 0 Å². The standard InChI is InChI=1S/C6H12O2.Na/c1-6(2,3)4-5(7)8;/h4H2,1-3H3,(H,7,8);/q;+1/p-1. The van der Waals surface area contributed by atoms with Crippen LogP contribution >= 0.6 is 0 Å². The minimum absolute atomic E-state index is 0. The summed E-state index contributed by atoms with van der Waals surface area (Å²) < 4.78 is 0. The number of carboxylic acid groups (broad SMARTS) is 1. The van der Waals surface area contributed by atoms with Crippen molar-refractivity contribution >= 4 is 5.97 Å². The first-order valence-corrected chi connectivity index (χ1v) is 2.62. The predicted octanol–water partition coefficient (Wildman–Crippen LogP) is -2.82. The van der Waals surface area contributed by atoms with Crippen molar-refractivity contribution in [1.29, 1.82) is 0 Å². The maximum Gasteiger partial charge on any atom is 1.00 e. The fourth-order valence-electron chi connectivity index (χ4n) is 0.433. The van der Waals surface area contributed by atoms with E-state index in [9.17, 15) is 9.90 Å². The van der Waals surface area contributed by atoms with E-state index < -0.39 is 5.97 Å². The second kappa shape index (κ2) is 4.31. The maximum atomic E-state index is 9.90. The van der Waals surface area contributed by atoms with E-state index in [0.29, 0.717) is 0 Å². The summed E-state index contributed by atoms with van der Waals surface area (Å²) in [5.41, 5.74) is -0.140. The smallest absolute Gasteiger partial charge is 0.550 e. The SMILES string of the molecule is CC(C)(C)CC(=O)[O-].[Na+]. The molecule has 0 spiro atoms. The van der Waals surface area contributed by atoms with Crippen LogP contribution in [0.25, 0.3) is 0 Å². The Morgan fingerprint density at radius 2 is 1.78 bits per heavy atom. The third-order valence-electron chi connectivity index (χ3n) is 0.675. The average molecular weight is 138 g/mol. The molecule has 0 unspecified atom stereocenters. The quantitative estimate of drug-likeness (QED) is 0.367. The van der Waals surface area contributed by atoms with E-state index in [-0.39, 0.29) is 41.4 Å². The molecule has 0 aromatic rings. The predicted molar refractivity (Wildman–Crippen MR) is 29.1 cm³/mol. The second-order valence-electron chi connectivity index (χ2n) is 3.11. The molecule has 0 saturated heterocycles. The molecule has 0 aliphatic carbocycles. The molecule has 0 saturated carbocycles. The van der Waals surface area contributed by atoms with Gasteiger partial charge in [-0.15, -0.1) is 0 Å². The monoisotopic (exact) mass is 138 g/mol. The normalized spacial score (nSPS) is 10.1. The van der Waals surface area contributed by atoms with Gasteiger partial charge in [-0.05, 0) is 11.8 Å². The van der Waals surface area contributed by atoms with Gasteiger partial charge < -0.3 is 9.90 Å². The van der Waals surface area contributed by atoms with Crippen molar-refractivity contribution in [1.82, 2.24) is 0 Å². The van der Waals surface area contributed by atoms with Crippen LogP contribution in [0, 0.1) is 5.41 Å². The van der Waals surface area contributed by atoms with Crippen molar-refractivity contribution < 1.29 is 39.5 Å². The first-order chi connectivity index (χ1) is 3.42. The molecule has 3 heteroatoms. The zero-order chi connectivity index (χ0) is 6.78. The Balaban J connectivity index is 0. The van der Waals surface area contributed by atoms with Gasteiger partial charge in [-0.1, -0.05) is 20.8 Å². The Morgan fingerprint density at radius 3 is 1.78 bits per heavy atom. The van der Waals surface area contributed by atoms with Gasteiger partial charge in [0.2, 0.25) is 0 Å². The molecule has 0 aliphatic rings. The molecule has 0 aromatic heterocycles. The van der Waals surface area contributed by atoms with Gasteiger partial charge in [0, 0.05) is 5.97 Å². The fraction of sp³-hybridized carbons (Fsp3) is 0.833. The first-order valence-electron chi connectivity index (χ1n) is 2.62. The summed E-state index contributed by atoms with van der Waals surface area (Å²) in [6.45, 7) is 5.59. The Labute approximate surface area is 77.9 Å². The summed E-state index contributed by atoms with van der Waals surface area (Å²) >= 11 is 0. The minimum Gasteiger partial charge on any atom is -0.550 e. The van der Waals surface area contributed by atoms with Crippen LogP contribution in [0.1, 0.15) is 27.2 Å². The molecule has 0 aromatic carbocycles.